The van der Waals surface area contributed by atoms with Gasteiger partial charge in [-0.2, -0.15) is 0 Å². The lowest BCUT2D eigenvalue weighted by Crippen LogP contribution is -2.23. The maximum absolute atomic E-state index is 11.7. The molecule has 0 saturated heterocycles. The van der Waals surface area contributed by atoms with Crippen LogP contribution in [-0.2, 0) is 4.79 Å². The second-order valence-corrected chi connectivity index (χ2v) is 4.20. The van der Waals surface area contributed by atoms with E-state index in [0.29, 0.717) is 5.13 Å². The summed E-state index contributed by atoms with van der Waals surface area (Å²) in [6.45, 7) is 0. The van der Waals surface area contributed by atoms with Crippen LogP contribution < -0.4 is 5.32 Å². The number of allylic oxidation sites excluding steroid dienone is 2. The molecule has 14 heavy (non-hydrogen) atoms. The molecule has 3 nitrogen and oxygen atoms in total. The number of hydrogen-bond acceptors (Lipinski definition) is 3. The average molecular weight is 208 g/mol. The van der Waals surface area contributed by atoms with E-state index in [1.165, 1.54) is 11.3 Å². The Kier molecular flexibility index (Phi) is 2.93. The van der Waals surface area contributed by atoms with Crippen molar-refractivity contribution < 1.29 is 4.79 Å². The highest BCUT2D eigenvalue weighted by molar-refractivity contribution is 7.13. The van der Waals surface area contributed by atoms with Crippen molar-refractivity contribution in [3.8, 4) is 0 Å². The maximum Gasteiger partial charge on any atom is 0.229 e. The van der Waals surface area contributed by atoms with Crippen molar-refractivity contribution in [1.82, 2.24) is 4.98 Å². The number of carbonyl (C=O) groups is 1. The molecule has 1 N–H and O–H groups in total. The van der Waals surface area contributed by atoms with Gasteiger partial charge in [-0.05, 0) is 19.3 Å². The molecule has 0 spiro atoms. The molecule has 74 valence electrons. The van der Waals surface area contributed by atoms with Gasteiger partial charge < -0.3 is 5.32 Å². The van der Waals surface area contributed by atoms with Gasteiger partial charge in [-0.1, -0.05) is 12.2 Å². The molecular weight excluding hydrogens is 196 g/mol. The van der Waals surface area contributed by atoms with Crippen LogP contribution in [0.15, 0.2) is 23.7 Å². The van der Waals surface area contributed by atoms with E-state index in [1.54, 1.807) is 6.20 Å². The number of anilines is 1. The van der Waals surface area contributed by atoms with Crippen LogP contribution in [0.1, 0.15) is 19.3 Å². The zero-order valence-electron chi connectivity index (χ0n) is 7.77. The summed E-state index contributed by atoms with van der Waals surface area (Å²) in [4.78, 5) is 15.7. The zero-order valence-corrected chi connectivity index (χ0v) is 8.59. The van der Waals surface area contributed by atoms with E-state index in [-0.39, 0.29) is 11.8 Å². The highest BCUT2D eigenvalue weighted by Gasteiger charge is 2.18. The quantitative estimate of drug-likeness (QED) is 0.758. The zero-order chi connectivity index (χ0) is 9.80. The predicted molar refractivity (Wildman–Crippen MR) is 57.2 cm³/mol. The summed E-state index contributed by atoms with van der Waals surface area (Å²) in [6.07, 6.45) is 8.73. The van der Waals surface area contributed by atoms with E-state index in [4.69, 9.17) is 0 Å². The maximum atomic E-state index is 11.7. The van der Waals surface area contributed by atoms with Crippen LogP contribution in [0.5, 0.6) is 0 Å². The minimum Gasteiger partial charge on any atom is -0.302 e. The molecule has 1 atom stereocenters. The Hall–Kier alpha value is -1.16. The van der Waals surface area contributed by atoms with Crippen molar-refractivity contribution in [1.29, 1.82) is 0 Å². The first kappa shape index (κ1) is 9.40. The van der Waals surface area contributed by atoms with E-state index in [1.807, 2.05) is 5.38 Å². The molecule has 1 aliphatic carbocycles. The number of carbonyl (C=O) groups excluding carboxylic acids is 1. The minimum absolute atomic E-state index is 0.101. The lowest BCUT2D eigenvalue weighted by Gasteiger charge is -2.15. The van der Waals surface area contributed by atoms with E-state index >= 15 is 0 Å². The Morgan fingerprint density at radius 3 is 3.14 bits per heavy atom. The molecule has 1 aliphatic rings. The van der Waals surface area contributed by atoms with Gasteiger partial charge >= 0.3 is 0 Å². The van der Waals surface area contributed by atoms with E-state index in [9.17, 15) is 4.79 Å². The molecule has 1 heterocycles. The Bertz CT molecular complexity index is 332. The van der Waals surface area contributed by atoms with Crippen LogP contribution in [0.2, 0.25) is 0 Å². The van der Waals surface area contributed by atoms with Crippen molar-refractivity contribution in [2.75, 3.05) is 5.32 Å². The molecule has 1 aromatic rings. The van der Waals surface area contributed by atoms with Gasteiger partial charge in [-0.25, -0.2) is 4.98 Å². The molecular formula is C10H12N2OS. The number of nitrogens with one attached hydrogen (secondary N) is 1. The van der Waals surface area contributed by atoms with Crippen LogP contribution in [0.4, 0.5) is 5.13 Å². The fourth-order valence-electron chi connectivity index (χ4n) is 1.52. The van der Waals surface area contributed by atoms with Gasteiger partial charge in [-0.15, -0.1) is 11.3 Å². The number of nitrogens with zero attached hydrogens (tertiary/aromatic N) is 1. The molecule has 0 radical (unpaired) electrons. The molecule has 0 fully saturated rings. The molecule has 0 bridgehead atoms. The third-order valence-electron chi connectivity index (χ3n) is 2.30. The SMILES string of the molecule is O=C(Nc1nccs1)[C@@H]1CC=CCC1. The van der Waals surface area contributed by atoms with E-state index in [2.05, 4.69) is 22.5 Å². The van der Waals surface area contributed by atoms with Gasteiger partial charge in [0, 0.05) is 17.5 Å². The molecule has 0 saturated carbocycles. The Balaban J connectivity index is 1.92. The molecule has 0 unspecified atom stereocenters. The summed E-state index contributed by atoms with van der Waals surface area (Å²) in [7, 11) is 0. The number of rotatable bonds is 2. The van der Waals surface area contributed by atoms with E-state index in [0.717, 1.165) is 19.3 Å². The molecule has 1 amide bonds. The van der Waals surface area contributed by atoms with Gasteiger partial charge in [-0.3, -0.25) is 4.79 Å². The summed E-state index contributed by atoms with van der Waals surface area (Å²) < 4.78 is 0. The van der Waals surface area contributed by atoms with Gasteiger partial charge in [0.15, 0.2) is 5.13 Å². The molecule has 1 aromatic heterocycles. The minimum atomic E-state index is 0.101. The van der Waals surface area contributed by atoms with E-state index < -0.39 is 0 Å². The summed E-state index contributed by atoms with van der Waals surface area (Å²) >= 11 is 1.45. The highest BCUT2D eigenvalue weighted by Crippen LogP contribution is 2.20. The fourth-order valence-corrected chi connectivity index (χ4v) is 2.06. The normalized spacial score (nSPS) is 20.7. The standard InChI is InChI=1S/C10H12N2OS/c13-9(8-4-2-1-3-5-8)12-10-11-6-7-14-10/h1-2,6-8H,3-5H2,(H,11,12,13)/t8-/m1/s1. The lowest BCUT2D eigenvalue weighted by atomic mass is 9.94. The first-order chi connectivity index (χ1) is 6.86. The molecule has 4 heteroatoms. The summed E-state index contributed by atoms with van der Waals surface area (Å²) in [5, 5.41) is 5.38. The first-order valence-electron chi connectivity index (χ1n) is 4.71. The second-order valence-electron chi connectivity index (χ2n) is 3.31. The van der Waals surface area contributed by atoms with Gasteiger partial charge in [0.25, 0.3) is 0 Å². The largest absolute Gasteiger partial charge is 0.302 e. The smallest absolute Gasteiger partial charge is 0.229 e. The van der Waals surface area contributed by atoms with Crippen molar-refractivity contribution >= 4 is 22.4 Å². The molecule has 0 aromatic carbocycles. The Labute approximate surface area is 86.9 Å². The topological polar surface area (TPSA) is 42.0 Å². The summed E-state index contributed by atoms with van der Waals surface area (Å²) in [5.74, 6) is 0.230. The fraction of sp³-hybridized carbons (Fsp3) is 0.400. The molecule has 0 aliphatic heterocycles. The summed E-state index contributed by atoms with van der Waals surface area (Å²) in [5.41, 5.74) is 0. The van der Waals surface area contributed by atoms with Crippen molar-refractivity contribution in [3.63, 3.8) is 0 Å². The number of amides is 1. The monoisotopic (exact) mass is 208 g/mol. The van der Waals surface area contributed by atoms with Crippen LogP contribution >= 0.6 is 11.3 Å². The predicted octanol–water partition coefficient (Wildman–Crippen LogP) is 2.44. The average Bonchev–Trinajstić information content (AvgIpc) is 2.72. The Morgan fingerprint density at radius 1 is 1.57 bits per heavy atom. The second kappa shape index (κ2) is 4.37. The van der Waals surface area contributed by atoms with Crippen molar-refractivity contribution in [3.05, 3.63) is 23.7 Å². The first-order valence-corrected chi connectivity index (χ1v) is 5.59. The van der Waals surface area contributed by atoms with Crippen molar-refractivity contribution in [2.45, 2.75) is 19.3 Å². The number of thiazole rings is 1. The van der Waals surface area contributed by atoms with Crippen LogP contribution in [-0.4, -0.2) is 10.9 Å². The number of aromatic nitrogens is 1. The Morgan fingerprint density at radius 2 is 2.50 bits per heavy atom. The van der Waals surface area contributed by atoms with Gasteiger partial charge in [0.1, 0.15) is 0 Å². The van der Waals surface area contributed by atoms with Gasteiger partial charge in [0.2, 0.25) is 5.91 Å². The van der Waals surface area contributed by atoms with Crippen molar-refractivity contribution in [2.24, 2.45) is 5.92 Å². The van der Waals surface area contributed by atoms with Crippen LogP contribution in [0.3, 0.4) is 0 Å². The van der Waals surface area contributed by atoms with Crippen LogP contribution in [0, 0.1) is 5.92 Å². The third kappa shape index (κ3) is 2.20. The lowest BCUT2D eigenvalue weighted by molar-refractivity contribution is -0.120. The third-order valence-corrected chi connectivity index (χ3v) is 2.99. The van der Waals surface area contributed by atoms with Crippen LogP contribution in [0.25, 0.3) is 0 Å². The summed E-state index contributed by atoms with van der Waals surface area (Å²) in [6, 6.07) is 0. The number of hydrogen-bond donors (Lipinski definition) is 1. The van der Waals surface area contributed by atoms with Gasteiger partial charge in [0.05, 0.1) is 0 Å². The highest BCUT2D eigenvalue weighted by atomic mass is 32.1. The molecule has 2 rings (SSSR count).